The van der Waals surface area contributed by atoms with Gasteiger partial charge in [-0.15, -0.1) is 11.3 Å². The van der Waals surface area contributed by atoms with Crippen LogP contribution in [0.3, 0.4) is 0 Å². The second-order valence-corrected chi connectivity index (χ2v) is 5.08. The van der Waals surface area contributed by atoms with Gasteiger partial charge in [-0.25, -0.2) is 4.98 Å². The first-order chi connectivity index (χ1) is 8.74. The summed E-state index contributed by atoms with van der Waals surface area (Å²) in [7, 11) is 0. The van der Waals surface area contributed by atoms with Gasteiger partial charge in [0.15, 0.2) is 0 Å². The molecular weight excluding hydrogens is 246 g/mol. The molecule has 2 rings (SSSR count). The standard InChI is InChI=1S/C14H15NO2S/c16-14(17)9-13-15-12(10-18-13)8-4-7-11-5-2-1-3-6-11/h1-3,5-6,10H,4,7-9H2,(H,16,17). The van der Waals surface area contributed by atoms with Crippen molar-refractivity contribution >= 4 is 17.3 Å². The van der Waals surface area contributed by atoms with Crippen LogP contribution in [0.25, 0.3) is 0 Å². The van der Waals surface area contributed by atoms with Crippen LogP contribution in [0.2, 0.25) is 0 Å². The lowest BCUT2D eigenvalue weighted by molar-refractivity contribution is -0.136. The van der Waals surface area contributed by atoms with Crippen molar-refractivity contribution < 1.29 is 9.90 Å². The van der Waals surface area contributed by atoms with Gasteiger partial charge in [0.1, 0.15) is 5.01 Å². The van der Waals surface area contributed by atoms with E-state index in [4.69, 9.17) is 5.11 Å². The average molecular weight is 261 g/mol. The van der Waals surface area contributed by atoms with E-state index in [0.717, 1.165) is 25.0 Å². The van der Waals surface area contributed by atoms with Crippen molar-refractivity contribution in [2.24, 2.45) is 0 Å². The summed E-state index contributed by atoms with van der Waals surface area (Å²) in [4.78, 5) is 14.9. The fourth-order valence-electron chi connectivity index (χ4n) is 1.79. The van der Waals surface area contributed by atoms with Gasteiger partial charge in [-0.1, -0.05) is 30.3 Å². The Hall–Kier alpha value is -1.68. The average Bonchev–Trinajstić information content (AvgIpc) is 2.77. The van der Waals surface area contributed by atoms with E-state index in [9.17, 15) is 4.79 Å². The number of carboxylic acid groups (broad SMARTS) is 1. The van der Waals surface area contributed by atoms with Crippen LogP contribution < -0.4 is 0 Å². The Morgan fingerprint density at radius 3 is 2.72 bits per heavy atom. The van der Waals surface area contributed by atoms with Crippen LogP contribution in [0.5, 0.6) is 0 Å². The molecule has 3 nitrogen and oxygen atoms in total. The van der Waals surface area contributed by atoms with Crippen molar-refractivity contribution in [3.05, 3.63) is 52.0 Å². The molecule has 1 aromatic heterocycles. The largest absolute Gasteiger partial charge is 0.481 e. The fraction of sp³-hybridized carbons (Fsp3) is 0.286. The summed E-state index contributed by atoms with van der Waals surface area (Å²) in [6, 6.07) is 10.3. The number of thiazole rings is 1. The number of rotatable bonds is 6. The molecule has 4 heteroatoms. The van der Waals surface area contributed by atoms with Gasteiger partial charge >= 0.3 is 5.97 Å². The molecule has 0 radical (unpaired) electrons. The lowest BCUT2D eigenvalue weighted by atomic mass is 10.1. The number of carboxylic acids is 1. The molecule has 0 aliphatic heterocycles. The molecule has 0 unspecified atom stereocenters. The summed E-state index contributed by atoms with van der Waals surface area (Å²) in [5, 5.41) is 11.3. The summed E-state index contributed by atoms with van der Waals surface area (Å²) in [5.41, 5.74) is 2.34. The Labute approximate surface area is 110 Å². The molecule has 1 N–H and O–H groups in total. The highest BCUT2D eigenvalue weighted by atomic mass is 32.1. The quantitative estimate of drug-likeness (QED) is 0.869. The van der Waals surface area contributed by atoms with Crippen LogP contribution in [-0.2, 0) is 24.1 Å². The highest BCUT2D eigenvalue weighted by Gasteiger charge is 2.06. The number of aliphatic carboxylic acids is 1. The highest BCUT2D eigenvalue weighted by molar-refractivity contribution is 7.09. The van der Waals surface area contributed by atoms with E-state index in [0.29, 0.717) is 5.01 Å². The Morgan fingerprint density at radius 1 is 1.22 bits per heavy atom. The second kappa shape index (κ2) is 6.31. The minimum Gasteiger partial charge on any atom is -0.481 e. The SMILES string of the molecule is O=C(O)Cc1nc(CCCc2ccccc2)cs1. The van der Waals surface area contributed by atoms with Gasteiger partial charge in [0, 0.05) is 5.38 Å². The zero-order valence-electron chi connectivity index (χ0n) is 10.0. The van der Waals surface area contributed by atoms with Gasteiger partial charge in [-0.05, 0) is 24.8 Å². The van der Waals surface area contributed by atoms with E-state index in [1.807, 2.05) is 23.6 Å². The molecule has 0 atom stereocenters. The zero-order valence-corrected chi connectivity index (χ0v) is 10.8. The van der Waals surface area contributed by atoms with Crippen LogP contribution in [0, 0.1) is 0 Å². The maximum atomic E-state index is 10.5. The van der Waals surface area contributed by atoms with Crippen LogP contribution in [0.15, 0.2) is 35.7 Å². The molecule has 1 aromatic carbocycles. The number of aryl methyl sites for hydroxylation is 2. The summed E-state index contributed by atoms with van der Waals surface area (Å²) in [6.07, 6.45) is 3.02. The smallest absolute Gasteiger partial charge is 0.310 e. The lowest BCUT2D eigenvalue weighted by Gasteiger charge is -1.99. The Morgan fingerprint density at radius 2 is 2.00 bits per heavy atom. The van der Waals surface area contributed by atoms with E-state index in [2.05, 4.69) is 17.1 Å². The van der Waals surface area contributed by atoms with Crippen LogP contribution in [-0.4, -0.2) is 16.1 Å². The molecule has 0 spiro atoms. The molecule has 0 amide bonds. The maximum absolute atomic E-state index is 10.5. The predicted molar refractivity (Wildman–Crippen MR) is 71.9 cm³/mol. The molecular formula is C14H15NO2S. The van der Waals surface area contributed by atoms with E-state index in [1.54, 1.807) is 0 Å². The van der Waals surface area contributed by atoms with Gasteiger partial charge in [0.25, 0.3) is 0 Å². The normalized spacial score (nSPS) is 10.4. The monoisotopic (exact) mass is 261 g/mol. The van der Waals surface area contributed by atoms with E-state index >= 15 is 0 Å². The number of carbonyl (C=O) groups is 1. The van der Waals surface area contributed by atoms with Gasteiger partial charge in [-0.3, -0.25) is 4.79 Å². The van der Waals surface area contributed by atoms with Gasteiger partial charge in [0.2, 0.25) is 0 Å². The zero-order chi connectivity index (χ0) is 12.8. The minimum atomic E-state index is -0.819. The number of hydrogen-bond donors (Lipinski definition) is 1. The molecule has 0 aliphatic carbocycles. The minimum absolute atomic E-state index is 0.0311. The Kier molecular flexibility index (Phi) is 4.47. The molecule has 0 bridgehead atoms. The summed E-state index contributed by atoms with van der Waals surface area (Å²) in [6.45, 7) is 0. The molecule has 0 fully saturated rings. The van der Waals surface area contributed by atoms with Crippen molar-refractivity contribution in [1.82, 2.24) is 4.98 Å². The first-order valence-electron chi connectivity index (χ1n) is 5.93. The fourth-order valence-corrected chi connectivity index (χ4v) is 2.61. The van der Waals surface area contributed by atoms with Crippen molar-refractivity contribution in [2.45, 2.75) is 25.7 Å². The van der Waals surface area contributed by atoms with E-state index in [-0.39, 0.29) is 6.42 Å². The topological polar surface area (TPSA) is 50.2 Å². The second-order valence-electron chi connectivity index (χ2n) is 4.14. The Balaban J connectivity index is 1.80. The maximum Gasteiger partial charge on any atom is 0.310 e. The molecule has 0 aliphatic rings. The summed E-state index contributed by atoms with van der Waals surface area (Å²) >= 11 is 1.43. The molecule has 94 valence electrons. The predicted octanol–water partition coefficient (Wildman–Crippen LogP) is 2.95. The third-order valence-electron chi connectivity index (χ3n) is 2.64. The van der Waals surface area contributed by atoms with Gasteiger partial charge in [-0.2, -0.15) is 0 Å². The van der Waals surface area contributed by atoms with Crippen LogP contribution >= 0.6 is 11.3 Å². The van der Waals surface area contributed by atoms with E-state index < -0.39 is 5.97 Å². The number of hydrogen-bond acceptors (Lipinski definition) is 3. The molecule has 1 heterocycles. The summed E-state index contributed by atoms with van der Waals surface area (Å²) in [5.74, 6) is -0.819. The van der Waals surface area contributed by atoms with Gasteiger partial charge in [0.05, 0.1) is 12.1 Å². The van der Waals surface area contributed by atoms with Crippen LogP contribution in [0.4, 0.5) is 0 Å². The number of aromatic nitrogens is 1. The van der Waals surface area contributed by atoms with Crippen molar-refractivity contribution in [3.8, 4) is 0 Å². The molecule has 0 saturated carbocycles. The van der Waals surface area contributed by atoms with E-state index in [1.165, 1.54) is 16.9 Å². The van der Waals surface area contributed by atoms with Crippen molar-refractivity contribution in [2.75, 3.05) is 0 Å². The Bertz CT molecular complexity index is 508. The third-order valence-corrected chi connectivity index (χ3v) is 3.54. The highest BCUT2D eigenvalue weighted by Crippen LogP contribution is 2.13. The van der Waals surface area contributed by atoms with Gasteiger partial charge < -0.3 is 5.11 Å². The molecule has 18 heavy (non-hydrogen) atoms. The molecule has 2 aromatic rings. The molecule has 0 saturated heterocycles. The number of nitrogens with zero attached hydrogens (tertiary/aromatic N) is 1. The lowest BCUT2D eigenvalue weighted by Crippen LogP contribution is -1.99. The number of benzene rings is 1. The summed E-state index contributed by atoms with van der Waals surface area (Å²) < 4.78 is 0. The third kappa shape index (κ3) is 3.96. The van der Waals surface area contributed by atoms with Crippen LogP contribution in [0.1, 0.15) is 22.7 Å². The van der Waals surface area contributed by atoms with Crippen molar-refractivity contribution in [1.29, 1.82) is 0 Å². The first kappa shape index (κ1) is 12.8. The van der Waals surface area contributed by atoms with Crippen molar-refractivity contribution in [3.63, 3.8) is 0 Å². The first-order valence-corrected chi connectivity index (χ1v) is 6.81.